The van der Waals surface area contributed by atoms with Crippen molar-refractivity contribution in [3.8, 4) is 0 Å². The minimum Gasteiger partial charge on any atom is -0.480 e. The molecule has 0 heterocycles. The maximum atomic E-state index is 11.8. The molecular formula is C18H30NO6P. The lowest BCUT2D eigenvalue weighted by Gasteiger charge is -2.14. The number of hydrogen-bond donors (Lipinski definition) is 4. The van der Waals surface area contributed by atoms with Gasteiger partial charge in [-0.2, -0.15) is 0 Å². The van der Waals surface area contributed by atoms with Gasteiger partial charge in [-0.1, -0.05) is 35.5 Å². The zero-order chi connectivity index (χ0) is 20.2. The van der Waals surface area contributed by atoms with Gasteiger partial charge in [0.05, 0.1) is 6.16 Å². The summed E-state index contributed by atoms with van der Waals surface area (Å²) in [6.45, 7) is 5.97. The zero-order valence-electron chi connectivity index (χ0n) is 15.6. The quantitative estimate of drug-likeness (QED) is 0.301. The van der Waals surface area contributed by atoms with Gasteiger partial charge in [-0.25, -0.2) is 4.79 Å². The molecule has 0 aromatic heterocycles. The summed E-state index contributed by atoms with van der Waals surface area (Å²) in [7, 11) is -4.53. The molecule has 1 atom stereocenters. The molecule has 0 saturated heterocycles. The van der Waals surface area contributed by atoms with E-state index in [1.165, 1.54) is 5.57 Å². The number of carboxylic acid groups (broad SMARTS) is 1. The van der Waals surface area contributed by atoms with E-state index >= 15 is 0 Å². The van der Waals surface area contributed by atoms with Crippen LogP contribution in [-0.4, -0.2) is 39.0 Å². The molecule has 8 heteroatoms. The second-order valence-electron chi connectivity index (χ2n) is 6.26. The van der Waals surface area contributed by atoms with Gasteiger partial charge in [0, 0.05) is 6.42 Å². The predicted molar refractivity (Wildman–Crippen MR) is 102 cm³/mol. The topological polar surface area (TPSA) is 124 Å². The standard InChI is InChI=1S/C18H30NO6P/c1-4-5-6-8-14(2)9-7-10-15(3)11-12-17(20)19-16(18(21)22)13-26(23,24)25/h4-5,9,11,16H,6-8,10,12-13H2,1-3H3,(H,19,20)(H,21,22)(H2,23,24,25)/b5-4+,14-9+,15-11+/t16-/m1/s1. The molecule has 7 nitrogen and oxygen atoms in total. The summed E-state index contributed by atoms with van der Waals surface area (Å²) < 4.78 is 10.9. The van der Waals surface area contributed by atoms with Crippen molar-refractivity contribution in [2.45, 2.75) is 58.9 Å². The average Bonchev–Trinajstić information content (AvgIpc) is 2.51. The van der Waals surface area contributed by atoms with Crippen LogP contribution in [0.5, 0.6) is 0 Å². The molecule has 0 spiro atoms. The van der Waals surface area contributed by atoms with Crippen molar-refractivity contribution < 1.29 is 29.0 Å². The van der Waals surface area contributed by atoms with Gasteiger partial charge in [0.25, 0.3) is 0 Å². The number of allylic oxidation sites excluding steroid dienone is 5. The number of carbonyl (C=O) groups excluding carboxylic acids is 1. The molecule has 0 saturated carbocycles. The molecule has 0 aliphatic heterocycles. The Hall–Kier alpha value is -1.69. The first-order valence-electron chi connectivity index (χ1n) is 8.54. The molecule has 4 N–H and O–H groups in total. The van der Waals surface area contributed by atoms with Crippen molar-refractivity contribution in [3.63, 3.8) is 0 Å². The predicted octanol–water partition coefficient (Wildman–Crippen LogP) is 3.15. The molecule has 0 unspecified atom stereocenters. The van der Waals surface area contributed by atoms with E-state index in [4.69, 9.17) is 14.9 Å². The van der Waals surface area contributed by atoms with Gasteiger partial charge in [0.1, 0.15) is 6.04 Å². The van der Waals surface area contributed by atoms with Crippen molar-refractivity contribution in [1.82, 2.24) is 5.32 Å². The smallest absolute Gasteiger partial charge is 0.328 e. The number of carbonyl (C=O) groups is 2. The van der Waals surface area contributed by atoms with Gasteiger partial charge in [-0.15, -0.1) is 0 Å². The molecule has 1 amide bonds. The molecule has 0 fully saturated rings. The lowest BCUT2D eigenvalue weighted by molar-refractivity contribution is -0.141. The summed E-state index contributed by atoms with van der Waals surface area (Å²) in [5, 5.41) is 11.1. The highest BCUT2D eigenvalue weighted by Crippen LogP contribution is 2.34. The van der Waals surface area contributed by atoms with E-state index in [1.54, 1.807) is 6.08 Å². The van der Waals surface area contributed by atoms with Gasteiger partial charge in [-0.05, 0) is 46.5 Å². The molecule has 0 radical (unpaired) electrons. The number of hydrogen-bond acceptors (Lipinski definition) is 3. The maximum absolute atomic E-state index is 11.8. The fourth-order valence-corrected chi connectivity index (χ4v) is 2.89. The van der Waals surface area contributed by atoms with Crippen molar-refractivity contribution in [3.05, 3.63) is 35.5 Å². The van der Waals surface area contributed by atoms with Crippen LogP contribution in [0.2, 0.25) is 0 Å². The number of nitrogens with one attached hydrogen (secondary N) is 1. The Labute approximate surface area is 155 Å². The normalized spacial score (nSPS) is 14.5. The van der Waals surface area contributed by atoms with Crippen LogP contribution >= 0.6 is 7.60 Å². The molecule has 0 rings (SSSR count). The first kappa shape index (κ1) is 24.3. The Bertz CT molecular complexity index is 603. The van der Waals surface area contributed by atoms with Gasteiger partial charge in [-0.3, -0.25) is 9.36 Å². The number of aliphatic carboxylic acids is 1. The zero-order valence-corrected chi connectivity index (χ0v) is 16.5. The summed E-state index contributed by atoms with van der Waals surface area (Å²) in [4.78, 5) is 40.5. The molecule has 26 heavy (non-hydrogen) atoms. The fraction of sp³-hybridized carbons (Fsp3) is 0.556. The van der Waals surface area contributed by atoms with Gasteiger partial charge in [0.2, 0.25) is 5.91 Å². The van der Waals surface area contributed by atoms with E-state index in [0.29, 0.717) is 0 Å². The van der Waals surface area contributed by atoms with Crippen molar-refractivity contribution in [1.29, 1.82) is 0 Å². The third-order valence-electron chi connectivity index (χ3n) is 3.66. The average molecular weight is 387 g/mol. The number of amides is 1. The maximum Gasteiger partial charge on any atom is 0.328 e. The largest absolute Gasteiger partial charge is 0.480 e. The van der Waals surface area contributed by atoms with Crippen LogP contribution in [0.4, 0.5) is 0 Å². The summed E-state index contributed by atoms with van der Waals surface area (Å²) in [6.07, 6.45) is 10.8. The third-order valence-corrected chi connectivity index (χ3v) is 4.50. The lowest BCUT2D eigenvalue weighted by atomic mass is 10.1. The van der Waals surface area contributed by atoms with Crippen molar-refractivity contribution in [2.24, 2.45) is 0 Å². The van der Waals surface area contributed by atoms with Crippen molar-refractivity contribution >= 4 is 19.5 Å². The Kier molecular flexibility index (Phi) is 11.8. The third kappa shape index (κ3) is 13.6. The SMILES string of the molecule is C/C=C/CC/C(C)=C/CC/C(C)=C/CC(=O)N[C@H](CP(=O)(O)O)C(=O)O. The second kappa shape index (κ2) is 12.6. The molecule has 0 aliphatic rings. The summed E-state index contributed by atoms with van der Waals surface area (Å²) in [5.41, 5.74) is 2.31. The number of carboxylic acids is 1. The molecule has 0 aliphatic carbocycles. The highest BCUT2D eigenvalue weighted by atomic mass is 31.2. The summed E-state index contributed by atoms with van der Waals surface area (Å²) in [6, 6.07) is -1.60. The minimum absolute atomic E-state index is 0.0270. The van der Waals surface area contributed by atoms with Gasteiger partial charge < -0.3 is 20.2 Å². The number of rotatable bonds is 12. The Balaban J connectivity index is 4.38. The van der Waals surface area contributed by atoms with Crippen LogP contribution in [0.3, 0.4) is 0 Å². The molecule has 148 valence electrons. The summed E-state index contributed by atoms with van der Waals surface area (Å²) in [5.74, 6) is -2.05. The second-order valence-corrected chi connectivity index (χ2v) is 7.95. The van der Waals surface area contributed by atoms with E-state index in [1.807, 2.05) is 19.9 Å². The molecule has 0 bridgehead atoms. The van der Waals surface area contributed by atoms with Crippen LogP contribution in [0.25, 0.3) is 0 Å². The Morgan fingerprint density at radius 3 is 2.19 bits per heavy atom. The van der Waals surface area contributed by atoms with Crippen LogP contribution in [-0.2, 0) is 14.2 Å². The van der Waals surface area contributed by atoms with E-state index in [9.17, 15) is 14.2 Å². The van der Waals surface area contributed by atoms with E-state index in [2.05, 4.69) is 24.4 Å². The van der Waals surface area contributed by atoms with Gasteiger partial charge in [0.15, 0.2) is 0 Å². The minimum atomic E-state index is -4.53. The van der Waals surface area contributed by atoms with E-state index in [0.717, 1.165) is 31.3 Å². The summed E-state index contributed by atoms with van der Waals surface area (Å²) >= 11 is 0. The molecule has 0 aromatic carbocycles. The van der Waals surface area contributed by atoms with E-state index in [-0.39, 0.29) is 6.42 Å². The monoisotopic (exact) mass is 387 g/mol. The van der Waals surface area contributed by atoms with Crippen molar-refractivity contribution in [2.75, 3.05) is 6.16 Å². The first-order chi connectivity index (χ1) is 12.0. The lowest BCUT2D eigenvalue weighted by Crippen LogP contribution is -2.43. The Morgan fingerprint density at radius 2 is 1.65 bits per heavy atom. The first-order valence-corrected chi connectivity index (χ1v) is 10.3. The van der Waals surface area contributed by atoms with Crippen LogP contribution in [0.15, 0.2) is 35.5 Å². The van der Waals surface area contributed by atoms with E-state index < -0.39 is 31.7 Å². The van der Waals surface area contributed by atoms with Crippen LogP contribution in [0, 0.1) is 0 Å². The van der Waals surface area contributed by atoms with Crippen LogP contribution in [0.1, 0.15) is 52.9 Å². The Morgan fingerprint density at radius 1 is 1.08 bits per heavy atom. The highest BCUT2D eigenvalue weighted by Gasteiger charge is 2.28. The molecule has 0 aromatic rings. The van der Waals surface area contributed by atoms with Crippen LogP contribution < -0.4 is 5.32 Å². The molecular weight excluding hydrogens is 357 g/mol. The highest BCUT2D eigenvalue weighted by molar-refractivity contribution is 7.51. The van der Waals surface area contributed by atoms with Gasteiger partial charge >= 0.3 is 13.6 Å². The fourth-order valence-electron chi connectivity index (χ4n) is 2.17.